The van der Waals surface area contributed by atoms with Crippen molar-refractivity contribution in [1.82, 2.24) is 5.32 Å². The standard InChI is InChI=1S/C7H10F3N/c8-7(9,10)5-3-4-1-2-6(5)11-4/h4-6,11H,1-3H2/t4-,5?,6+/m1/s1. The summed E-state index contributed by atoms with van der Waals surface area (Å²) in [6, 6.07) is -0.133. The zero-order valence-electron chi connectivity index (χ0n) is 5.99. The second kappa shape index (κ2) is 2.12. The minimum atomic E-state index is -3.98. The van der Waals surface area contributed by atoms with Crippen LogP contribution in [0.1, 0.15) is 19.3 Å². The fraction of sp³-hybridized carbons (Fsp3) is 1.00. The highest BCUT2D eigenvalue weighted by Gasteiger charge is 2.52. The lowest BCUT2D eigenvalue weighted by atomic mass is 9.89. The van der Waals surface area contributed by atoms with Crippen LogP contribution in [0, 0.1) is 5.92 Å². The molecule has 0 spiro atoms. The maximum Gasteiger partial charge on any atom is 0.393 e. The van der Waals surface area contributed by atoms with Crippen LogP contribution in [0.5, 0.6) is 0 Å². The van der Waals surface area contributed by atoms with Crippen molar-refractivity contribution < 1.29 is 13.2 Å². The lowest BCUT2D eigenvalue weighted by molar-refractivity contribution is -0.178. The molecule has 2 fully saturated rings. The van der Waals surface area contributed by atoms with Gasteiger partial charge in [0.25, 0.3) is 0 Å². The van der Waals surface area contributed by atoms with Crippen molar-refractivity contribution >= 4 is 0 Å². The highest BCUT2D eigenvalue weighted by atomic mass is 19.4. The Kier molecular flexibility index (Phi) is 1.43. The maximum absolute atomic E-state index is 12.2. The van der Waals surface area contributed by atoms with E-state index < -0.39 is 12.1 Å². The van der Waals surface area contributed by atoms with Crippen molar-refractivity contribution in [3.8, 4) is 0 Å². The molecule has 4 heteroatoms. The molecule has 0 amide bonds. The Morgan fingerprint density at radius 3 is 2.18 bits per heavy atom. The van der Waals surface area contributed by atoms with Crippen LogP contribution >= 0.6 is 0 Å². The number of hydrogen-bond donors (Lipinski definition) is 1. The van der Waals surface area contributed by atoms with Crippen LogP contribution < -0.4 is 5.32 Å². The van der Waals surface area contributed by atoms with Crippen LogP contribution in [0.3, 0.4) is 0 Å². The topological polar surface area (TPSA) is 12.0 Å². The third-order valence-electron chi connectivity index (χ3n) is 2.72. The predicted octanol–water partition coefficient (Wildman–Crippen LogP) is 1.69. The van der Waals surface area contributed by atoms with Crippen LogP contribution in [-0.2, 0) is 0 Å². The second-order valence-corrected chi connectivity index (χ2v) is 3.43. The van der Waals surface area contributed by atoms with Gasteiger partial charge >= 0.3 is 6.18 Å². The first kappa shape index (κ1) is 7.40. The largest absolute Gasteiger partial charge is 0.393 e. The molecule has 0 aromatic carbocycles. The van der Waals surface area contributed by atoms with Crippen LogP contribution in [0.15, 0.2) is 0 Å². The highest BCUT2D eigenvalue weighted by molar-refractivity contribution is 4.99. The molecule has 0 aliphatic carbocycles. The molecule has 2 aliphatic rings. The Morgan fingerprint density at radius 2 is 1.91 bits per heavy atom. The average Bonchev–Trinajstić information content (AvgIpc) is 2.42. The van der Waals surface area contributed by atoms with E-state index in [0.29, 0.717) is 12.8 Å². The summed E-state index contributed by atoms with van der Waals surface area (Å²) in [6.07, 6.45) is -2.05. The van der Waals surface area contributed by atoms with Gasteiger partial charge in [0.2, 0.25) is 0 Å². The van der Waals surface area contributed by atoms with Gasteiger partial charge in [-0.25, -0.2) is 0 Å². The minimum Gasteiger partial charge on any atom is -0.311 e. The molecule has 1 nitrogen and oxygen atoms in total. The third-order valence-corrected chi connectivity index (χ3v) is 2.72. The second-order valence-electron chi connectivity index (χ2n) is 3.43. The fourth-order valence-corrected chi connectivity index (χ4v) is 2.19. The molecule has 11 heavy (non-hydrogen) atoms. The van der Waals surface area contributed by atoms with Gasteiger partial charge in [-0.1, -0.05) is 0 Å². The van der Waals surface area contributed by atoms with Crippen molar-refractivity contribution in [2.75, 3.05) is 0 Å². The van der Waals surface area contributed by atoms with E-state index in [1.54, 1.807) is 0 Å². The number of alkyl halides is 3. The number of rotatable bonds is 0. The summed E-state index contributed by atoms with van der Waals surface area (Å²) < 4.78 is 36.5. The van der Waals surface area contributed by atoms with E-state index in [1.165, 1.54) is 0 Å². The monoisotopic (exact) mass is 165 g/mol. The molecule has 2 heterocycles. The van der Waals surface area contributed by atoms with Crippen molar-refractivity contribution in [2.45, 2.75) is 37.5 Å². The van der Waals surface area contributed by atoms with E-state index in [9.17, 15) is 13.2 Å². The van der Waals surface area contributed by atoms with Gasteiger partial charge in [-0.05, 0) is 19.3 Å². The number of halogens is 3. The van der Waals surface area contributed by atoms with Crippen molar-refractivity contribution in [1.29, 1.82) is 0 Å². The molecular weight excluding hydrogens is 155 g/mol. The minimum absolute atomic E-state index is 0.145. The molecule has 0 radical (unpaired) electrons. The molecule has 1 unspecified atom stereocenters. The smallest absolute Gasteiger partial charge is 0.311 e. The first-order valence-corrected chi connectivity index (χ1v) is 3.90. The van der Waals surface area contributed by atoms with Gasteiger partial charge in [-0.15, -0.1) is 0 Å². The van der Waals surface area contributed by atoms with E-state index in [1.807, 2.05) is 0 Å². The fourth-order valence-electron chi connectivity index (χ4n) is 2.19. The SMILES string of the molecule is FC(F)(F)C1C[C@H]2CC[C@@H]1N2. The Balaban J connectivity index is 2.08. The summed E-state index contributed by atoms with van der Waals surface area (Å²) in [7, 11) is 0. The molecule has 0 aromatic heterocycles. The molecule has 2 bridgehead atoms. The number of fused-ring (bicyclic) bond motifs is 2. The Bertz CT molecular complexity index is 166. The highest BCUT2D eigenvalue weighted by Crippen LogP contribution is 2.42. The van der Waals surface area contributed by atoms with Crippen LogP contribution in [0.2, 0.25) is 0 Å². The zero-order valence-corrected chi connectivity index (χ0v) is 5.99. The van der Waals surface area contributed by atoms with Gasteiger partial charge in [0.1, 0.15) is 0 Å². The van der Waals surface area contributed by atoms with E-state index >= 15 is 0 Å². The van der Waals surface area contributed by atoms with Gasteiger partial charge < -0.3 is 5.32 Å². The van der Waals surface area contributed by atoms with Gasteiger partial charge in [-0.2, -0.15) is 13.2 Å². The average molecular weight is 165 g/mol. The van der Waals surface area contributed by atoms with Gasteiger partial charge in [0, 0.05) is 12.1 Å². The zero-order chi connectivity index (χ0) is 8.06. The summed E-state index contributed by atoms with van der Waals surface area (Å²) in [6.45, 7) is 0. The quantitative estimate of drug-likeness (QED) is 0.576. The van der Waals surface area contributed by atoms with E-state index in [4.69, 9.17) is 0 Å². The molecule has 0 saturated carbocycles. The normalized spacial score (nSPS) is 43.4. The van der Waals surface area contributed by atoms with Crippen molar-refractivity contribution in [3.05, 3.63) is 0 Å². The Morgan fingerprint density at radius 1 is 1.18 bits per heavy atom. The molecule has 64 valence electrons. The maximum atomic E-state index is 12.2. The summed E-state index contributed by atoms with van der Waals surface area (Å²) in [4.78, 5) is 0. The lowest BCUT2D eigenvalue weighted by Crippen LogP contribution is -2.33. The summed E-state index contributed by atoms with van der Waals surface area (Å²) in [5.41, 5.74) is 0. The van der Waals surface area contributed by atoms with E-state index in [2.05, 4.69) is 5.32 Å². The van der Waals surface area contributed by atoms with Crippen LogP contribution in [0.4, 0.5) is 13.2 Å². The first-order valence-electron chi connectivity index (χ1n) is 3.90. The first-order chi connectivity index (χ1) is 5.07. The molecule has 1 N–H and O–H groups in total. The van der Waals surface area contributed by atoms with E-state index in [0.717, 1.165) is 6.42 Å². The summed E-state index contributed by atoms with van der Waals surface area (Å²) in [5.74, 6) is -1.07. The lowest BCUT2D eigenvalue weighted by Gasteiger charge is -2.22. The molecule has 2 saturated heterocycles. The Hall–Kier alpha value is -0.250. The summed E-state index contributed by atoms with van der Waals surface area (Å²) >= 11 is 0. The van der Waals surface area contributed by atoms with Crippen molar-refractivity contribution in [2.24, 2.45) is 5.92 Å². The molecular formula is C7H10F3N. The van der Waals surface area contributed by atoms with Crippen molar-refractivity contribution in [3.63, 3.8) is 0 Å². The van der Waals surface area contributed by atoms with Gasteiger partial charge in [-0.3, -0.25) is 0 Å². The van der Waals surface area contributed by atoms with Crippen LogP contribution in [-0.4, -0.2) is 18.3 Å². The Labute approximate surface area is 63.0 Å². The van der Waals surface area contributed by atoms with Crippen LogP contribution in [0.25, 0.3) is 0 Å². The van der Waals surface area contributed by atoms with E-state index in [-0.39, 0.29) is 12.1 Å². The molecule has 0 aromatic rings. The molecule has 2 rings (SSSR count). The van der Waals surface area contributed by atoms with Gasteiger partial charge in [0.15, 0.2) is 0 Å². The van der Waals surface area contributed by atoms with Gasteiger partial charge in [0.05, 0.1) is 5.92 Å². The number of nitrogens with one attached hydrogen (secondary N) is 1. The molecule has 2 aliphatic heterocycles. The molecule has 3 atom stereocenters. The number of hydrogen-bond acceptors (Lipinski definition) is 1. The third kappa shape index (κ3) is 1.13. The summed E-state index contributed by atoms with van der Waals surface area (Å²) in [5, 5.41) is 2.96. The predicted molar refractivity (Wildman–Crippen MR) is 34.1 cm³/mol.